The van der Waals surface area contributed by atoms with Gasteiger partial charge < -0.3 is 19.5 Å². The second-order valence-electron chi connectivity index (χ2n) is 6.79. The van der Waals surface area contributed by atoms with Gasteiger partial charge in [0.2, 0.25) is 0 Å². The predicted molar refractivity (Wildman–Crippen MR) is 125 cm³/mol. The molecule has 1 aromatic heterocycles. The highest BCUT2D eigenvalue weighted by molar-refractivity contribution is 7.11. The highest BCUT2D eigenvalue weighted by Gasteiger charge is 2.41. The summed E-state index contributed by atoms with van der Waals surface area (Å²) in [5.41, 5.74) is 1.47. The Morgan fingerprint density at radius 3 is 2.31 bits per heavy atom. The van der Waals surface area contributed by atoms with Crippen molar-refractivity contribution in [3.63, 3.8) is 0 Å². The van der Waals surface area contributed by atoms with Gasteiger partial charge in [0.05, 0.1) is 37.8 Å². The monoisotopic (exact) mass is 450 g/mol. The molecule has 2 heterocycles. The Hall–Kier alpha value is -3.78. The molecule has 2 aromatic carbocycles. The molecule has 7 nitrogen and oxygen atoms in total. The number of methoxy groups -OCH3 is 2. The Morgan fingerprint density at radius 1 is 0.938 bits per heavy atom. The first-order valence-electron chi connectivity index (χ1n) is 9.96. The van der Waals surface area contributed by atoms with Crippen LogP contribution in [0.2, 0.25) is 0 Å². The Morgan fingerprint density at radius 2 is 1.69 bits per heavy atom. The van der Waals surface area contributed by atoms with Crippen LogP contribution in [0.3, 0.4) is 0 Å². The summed E-state index contributed by atoms with van der Waals surface area (Å²) in [6, 6.07) is 15.7. The van der Waals surface area contributed by atoms with Crippen molar-refractivity contribution in [1.82, 2.24) is 0 Å². The first-order valence-corrected chi connectivity index (χ1v) is 10.8. The summed E-state index contributed by atoms with van der Waals surface area (Å²) in [6.45, 7) is 2.42. The van der Waals surface area contributed by atoms with Crippen LogP contribution in [-0.4, -0.2) is 32.6 Å². The highest BCUT2D eigenvalue weighted by Crippen LogP contribution is 2.38. The van der Waals surface area contributed by atoms with Crippen molar-refractivity contribution in [3.05, 3.63) is 70.6 Å². The molecule has 0 spiro atoms. The second kappa shape index (κ2) is 9.15. The number of carbonyl (C=O) groups is 2. The third-order valence-corrected chi connectivity index (χ3v) is 5.81. The van der Waals surface area contributed by atoms with Crippen LogP contribution in [-0.2, 0) is 9.59 Å². The molecule has 0 radical (unpaired) electrons. The van der Waals surface area contributed by atoms with Crippen molar-refractivity contribution in [3.8, 4) is 17.2 Å². The van der Waals surface area contributed by atoms with Crippen LogP contribution >= 0.6 is 11.3 Å². The molecule has 1 N–H and O–H groups in total. The van der Waals surface area contributed by atoms with Gasteiger partial charge in [-0.2, -0.15) is 0 Å². The molecule has 0 atom stereocenters. The van der Waals surface area contributed by atoms with Gasteiger partial charge in [-0.25, -0.2) is 4.90 Å². The van der Waals surface area contributed by atoms with Crippen LogP contribution in [0.1, 0.15) is 11.8 Å². The van der Waals surface area contributed by atoms with E-state index in [1.165, 1.54) is 23.3 Å². The fourth-order valence-corrected chi connectivity index (χ4v) is 4.20. The maximum absolute atomic E-state index is 13.5. The third kappa shape index (κ3) is 3.92. The molecular weight excluding hydrogens is 428 g/mol. The van der Waals surface area contributed by atoms with Crippen molar-refractivity contribution >= 4 is 40.1 Å². The zero-order valence-corrected chi connectivity index (χ0v) is 18.7. The van der Waals surface area contributed by atoms with E-state index in [9.17, 15) is 9.59 Å². The number of imide groups is 1. The number of amides is 2. The number of thiophene rings is 1. The van der Waals surface area contributed by atoms with E-state index in [1.54, 1.807) is 49.6 Å². The van der Waals surface area contributed by atoms with E-state index in [0.29, 0.717) is 45.7 Å². The number of benzene rings is 2. The summed E-state index contributed by atoms with van der Waals surface area (Å²) in [4.78, 5) is 28.8. The van der Waals surface area contributed by atoms with Gasteiger partial charge in [0.1, 0.15) is 22.9 Å². The van der Waals surface area contributed by atoms with Gasteiger partial charge in [-0.15, -0.1) is 11.3 Å². The van der Waals surface area contributed by atoms with E-state index in [-0.39, 0.29) is 5.70 Å². The first kappa shape index (κ1) is 21.5. The number of hydrogen-bond donors (Lipinski definition) is 1. The van der Waals surface area contributed by atoms with E-state index < -0.39 is 11.8 Å². The molecule has 0 bridgehead atoms. The lowest BCUT2D eigenvalue weighted by Gasteiger charge is -2.16. The summed E-state index contributed by atoms with van der Waals surface area (Å²) < 4.78 is 16.2. The molecular formula is C24H22N2O5S. The smallest absolute Gasteiger partial charge is 0.282 e. The maximum atomic E-state index is 13.5. The number of ether oxygens (including phenoxy) is 3. The van der Waals surface area contributed by atoms with Crippen LogP contribution in [0, 0.1) is 0 Å². The van der Waals surface area contributed by atoms with E-state index in [4.69, 9.17) is 14.2 Å². The van der Waals surface area contributed by atoms with Gasteiger partial charge in [-0.3, -0.25) is 9.59 Å². The average Bonchev–Trinajstić information content (AvgIpc) is 3.41. The molecule has 0 saturated heterocycles. The van der Waals surface area contributed by atoms with Gasteiger partial charge in [0.15, 0.2) is 0 Å². The molecule has 1 aliphatic rings. The molecule has 0 fully saturated rings. The lowest BCUT2D eigenvalue weighted by Crippen LogP contribution is -2.32. The highest BCUT2D eigenvalue weighted by atomic mass is 32.1. The Labute approximate surface area is 189 Å². The summed E-state index contributed by atoms with van der Waals surface area (Å²) in [6.07, 6.45) is 0. The average molecular weight is 451 g/mol. The Bertz CT molecular complexity index is 1170. The van der Waals surface area contributed by atoms with E-state index in [1.807, 2.05) is 24.4 Å². The SMILES string of the molecule is CCOc1ccc(N2C(=O)C(Nc3cc(OC)ccc3OC)=C(c3cccs3)C2=O)cc1. The molecule has 8 heteroatoms. The van der Waals surface area contributed by atoms with Gasteiger partial charge >= 0.3 is 0 Å². The van der Waals surface area contributed by atoms with E-state index in [0.717, 1.165) is 0 Å². The summed E-state index contributed by atoms with van der Waals surface area (Å²) in [5.74, 6) is 0.926. The fourth-order valence-electron chi connectivity index (χ4n) is 3.43. The quantitative estimate of drug-likeness (QED) is 0.507. The lowest BCUT2D eigenvalue weighted by molar-refractivity contribution is -0.120. The van der Waals surface area contributed by atoms with Gasteiger partial charge in [-0.05, 0) is 54.8 Å². The first-order chi connectivity index (χ1) is 15.6. The van der Waals surface area contributed by atoms with Crippen LogP contribution in [0.25, 0.3) is 5.57 Å². The molecule has 0 aliphatic carbocycles. The van der Waals surface area contributed by atoms with E-state index in [2.05, 4.69) is 5.32 Å². The number of nitrogens with zero attached hydrogens (tertiary/aromatic N) is 1. The molecule has 2 amide bonds. The lowest BCUT2D eigenvalue weighted by atomic mass is 10.1. The number of rotatable bonds is 8. The summed E-state index contributed by atoms with van der Waals surface area (Å²) in [7, 11) is 3.09. The molecule has 0 saturated carbocycles. The minimum Gasteiger partial charge on any atom is -0.497 e. The largest absolute Gasteiger partial charge is 0.497 e. The van der Waals surface area contributed by atoms with Crippen molar-refractivity contribution < 1.29 is 23.8 Å². The zero-order valence-electron chi connectivity index (χ0n) is 17.9. The van der Waals surface area contributed by atoms with Gasteiger partial charge in [0, 0.05) is 10.9 Å². The third-order valence-electron chi connectivity index (χ3n) is 4.92. The molecule has 164 valence electrons. The molecule has 3 aromatic rings. The fraction of sp³-hybridized carbons (Fsp3) is 0.167. The zero-order chi connectivity index (χ0) is 22.7. The van der Waals surface area contributed by atoms with Crippen LogP contribution < -0.4 is 24.4 Å². The minimum absolute atomic E-state index is 0.179. The Balaban J connectivity index is 1.76. The summed E-state index contributed by atoms with van der Waals surface area (Å²) in [5, 5.41) is 4.99. The van der Waals surface area contributed by atoms with Crippen molar-refractivity contribution in [2.45, 2.75) is 6.92 Å². The Kier molecular flexibility index (Phi) is 6.13. The predicted octanol–water partition coefficient (Wildman–Crippen LogP) is 4.56. The molecule has 0 unspecified atom stereocenters. The molecule has 32 heavy (non-hydrogen) atoms. The van der Waals surface area contributed by atoms with Crippen molar-refractivity contribution in [2.75, 3.05) is 31.0 Å². The number of nitrogens with one attached hydrogen (secondary N) is 1. The van der Waals surface area contributed by atoms with Gasteiger partial charge in [-0.1, -0.05) is 6.07 Å². The topological polar surface area (TPSA) is 77.1 Å². The normalized spacial score (nSPS) is 13.5. The van der Waals surface area contributed by atoms with Crippen LogP contribution in [0.15, 0.2) is 65.7 Å². The number of carbonyl (C=O) groups excluding carboxylic acids is 2. The molecule has 1 aliphatic heterocycles. The number of anilines is 2. The van der Waals surface area contributed by atoms with Crippen molar-refractivity contribution in [2.24, 2.45) is 0 Å². The summed E-state index contributed by atoms with van der Waals surface area (Å²) >= 11 is 1.39. The second-order valence-corrected chi connectivity index (χ2v) is 7.74. The van der Waals surface area contributed by atoms with Crippen LogP contribution in [0.4, 0.5) is 11.4 Å². The standard InChI is InChI=1S/C24H22N2O5S/c1-4-31-16-9-7-15(8-10-16)26-23(27)21(20-6-5-13-32-20)22(24(26)28)25-18-14-17(29-2)11-12-19(18)30-3/h5-14,25H,4H2,1-3H3. The number of hydrogen-bond acceptors (Lipinski definition) is 7. The van der Waals surface area contributed by atoms with E-state index >= 15 is 0 Å². The van der Waals surface area contributed by atoms with Crippen molar-refractivity contribution in [1.29, 1.82) is 0 Å². The molecule has 4 rings (SSSR count). The minimum atomic E-state index is -0.451. The van der Waals surface area contributed by atoms with Crippen LogP contribution in [0.5, 0.6) is 17.2 Å². The maximum Gasteiger partial charge on any atom is 0.282 e. The van der Waals surface area contributed by atoms with Gasteiger partial charge in [0.25, 0.3) is 11.8 Å².